The number of benzene rings is 3. The maximum absolute atomic E-state index is 11.8. The summed E-state index contributed by atoms with van der Waals surface area (Å²) >= 11 is 0. The van der Waals surface area contributed by atoms with Gasteiger partial charge in [0.1, 0.15) is 0 Å². The van der Waals surface area contributed by atoms with Gasteiger partial charge in [-0.15, -0.1) is 0 Å². The summed E-state index contributed by atoms with van der Waals surface area (Å²) in [5, 5.41) is 13.8. The van der Waals surface area contributed by atoms with E-state index < -0.39 is 5.97 Å². The van der Waals surface area contributed by atoms with Crippen molar-refractivity contribution in [3.8, 4) is 17.1 Å². The third-order valence-corrected chi connectivity index (χ3v) is 5.25. The Morgan fingerprint density at radius 2 is 1.77 bits per heavy atom. The standard InChI is InChI=1S/C24H20N4O3/c1-2-31-24-25-20-9-5-8-19(23(29)30)21(20)28(24)14-15-10-12-16(13-11-15)17-6-3-4-7-18(17)22-26-27-22/h3-13H,2,14H2,1H3,(H,26,27)(H,29,30). The van der Waals surface area contributed by atoms with Gasteiger partial charge in [0.25, 0.3) is 6.01 Å². The Labute approximate surface area is 178 Å². The lowest BCUT2D eigenvalue weighted by molar-refractivity contribution is 0.0698. The molecular formula is C24H20N4O3. The number of aromatic nitrogens is 2. The average molecular weight is 412 g/mol. The van der Waals surface area contributed by atoms with Gasteiger partial charge >= 0.3 is 5.97 Å². The second-order valence-electron chi connectivity index (χ2n) is 7.21. The molecule has 4 aromatic rings. The van der Waals surface area contributed by atoms with Crippen molar-refractivity contribution in [3.63, 3.8) is 0 Å². The van der Waals surface area contributed by atoms with Gasteiger partial charge in [-0.3, -0.25) is 9.99 Å². The fourth-order valence-corrected chi connectivity index (χ4v) is 3.78. The maximum atomic E-state index is 11.8. The van der Waals surface area contributed by atoms with Crippen molar-refractivity contribution in [1.29, 1.82) is 0 Å². The van der Waals surface area contributed by atoms with E-state index >= 15 is 0 Å². The average Bonchev–Trinajstić information content (AvgIpc) is 3.58. The quantitative estimate of drug-likeness (QED) is 0.476. The van der Waals surface area contributed by atoms with Crippen LogP contribution in [0.1, 0.15) is 28.4 Å². The van der Waals surface area contributed by atoms with Crippen LogP contribution in [0, 0.1) is 0 Å². The van der Waals surface area contributed by atoms with Crippen LogP contribution in [0.15, 0.2) is 71.8 Å². The van der Waals surface area contributed by atoms with Gasteiger partial charge in [0, 0.05) is 5.56 Å². The molecule has 7 heteroatoms. The lowest BCUT2D eigenvalue weighted by atomic mass is 9.98. The number of imidazole rings is 1. The molecular weight excluding hydrogens is 392 g/mol. The molecule has 0 radical (unpaired) electrons. The summed E-state index contributed by atoms with van der Waals surface area (Å²) in [7, 11) is 0. The van der Waals surface area contributed by atoms with E-state index in [-0.39, 0.29) is 5.56 Å². The SMILES string of the molecule is CCOc1nc2cccc(C(=O)O)c2n1Cc1ccc(-c2ccccc2C2=NN2)cc1. The summed E-state index contributed by atoms with van der Waals surface area (Å²) in [5.74, 6) is -0.0922. The van der Waals surface area contributed by atoms with Crippen molar-refractivity contribution in [2.24, 2.45) is 5.10 Å². The molecule has 0 bridgehead atoms. The number of fused-ring (bicyclic) bond motifs is 1. The molecule has 1 aromatic heterocycles. The Balaban J connectivity index is 1.52. The van der Waals surface area contributed by atoms with Gasteiger partial charge in [-0.1, -0.05) is 54.6 Å². The van der Waals surface area contributed by atoms with Crippen LogP contribution in [-0.2, 0) is 6.54 Å². The zero-order valence-corrected chi connectivity index (χ0v) is 16.9. The molecule has 0 spiro atoms. The summed E-state index contributed by atoms with van der Waals surface area (Å²) in [6, 6.07) is 21.8. The van der Waals surface area contributed by atoms with Gasteiger partial charge in [0.2, 0.25) is 0 Å². The Morgan fingerprint density at radius 1 is 1.03 bits per heavy atom. The first kappa shape index (κ1) is 18.9. The summed E-state index contributed by atoms with van der Waals surface area (Å²) in [6.07, 6.45) is 0. The number of hydrazone groups is 1. The Kier molecular flexibility index (Phi) is 4.63. The zero-order chi connectivity index (χ0) is 21.4. The number of nitrogens with one attached hydrogen (secondary N) is 1. The van der Waals surface area contributed by atoms with Crippen LogP contribution < -0.4 is 10.2 Å². The molecule has 154 valence electrons. The van der Waals surface area contributed by atoms with Gasteiger partial charge in [-0.2, -0.15) is 10.1 Å². The Hall–Kier alpha value is -4.13. The molecule has 3 aromatic carbocycles. The highest BCUT2D eigenvalue weighted by Gasteiger charge is 2.19. The number of ether oxygens (including phenoxy) is 1. The molecule has 31 heavy (non-hydrogen) atoms. The molecule has 1 aliphatic heterocycles. The first-order chi connectivity index (χ1) is 15.2. The minimum absolute atomic E-state index is 0.208. The summed E-state index contributed by atoms with van der Waals surface area (Å²) < 4.78 is 7.54. The molecule has 7 nitrogen and oxygen atoms in total. The molecule has 0 saturated carbocycles. The third kappa shape index (κ3) is 3.50. The number of carbonyl (C=O) groups is 1. The number of carboxylic acids is 1. The fraction of sp³-hybridized carbons (Fsp3) is 0.125. The molecule has 0 saturated heterocycles. The molecule has 0 atom stereocenters. The van der Waals surface area contributed by atoms with Gasteiger partial charge < -0.3 is 9.84 Å². The van der Waals surface area contributed by atoms with E-state index in [1.807, 2.05) is 41.8 Å². The molecule has 0 amide bonds. The molecule has 2 N–H and O–H groups in total. The van der Waals surface area contributed by atoms with E-state index in [1.165, 1.54) is 0 Å². The Morgan fingerprint density at radius 3 is 2.45 bits per heavy atom. The molecule has 0 fully saturated rings. The molecule has 5 rings (SSSR count). The van der Waals surface area contributed by atoms with E-state index in [2.05, 4.69) is 33.7 Å². The van der Waals surface area contributed by atoms with Crippen molar-refractivity contribution < 1.29 is 14.6 Å². The largest absolute Gasteiger partial charge is 0.478 e. The van der Waals surface area contributed by atoms with Crippen molar-refractivity contribution in [1.82, 2.24) is 15.0 Å². The number of aromatic carboxylic acids is 1. The number of hydrogen-bond acceptors (Lipinski definition) is 5. The van der Waals surface area contributed by atoms with E-state index in [1.54, 1.807) is 18.2 Å². The van der Waals surface area contributed by atoms with Crippen molar-refractivity contribution in [3.05, 3.63) is 83.4 Å². The number of amidine groups is 1. The fourth-order valence-electron chi connectivity index (χ4n) is 3.78. The molecule has 0 unspecified atom stereocenters. The predicted octanol–water partition coefficient (Wildman–Crippen LogP) is 4.11. The highest BCUT2D eigenvalue weighted by molar-refractivity contribution is 6.10. The lowest BCUT2D eigenvalue weighted by Gasteiger charge is -2.12. The van der Waals surface area contributed by atoms with Crippen LogP contribution in [0.4, 0.5) is 0 Å². The summed E-state index contributed by atoms with van der Waals surface area (Å²) in [5.41, 5.74) is 8.57. The number of carboxylic acid groups (broad SMARTS) is 1. The topological polar surface area (TPSA) is 98.6 Å². The second-order valence-corrected chi connectivity index (χ2v) is 7.21. The predicted molar refractivity (Wildman–Crippen MR) is 119 cm³/mol. The normalized spacial score (nSPS) is 12.4. The van der Waals surface area contributed by atoms with E-state index in [0.717, 1.165) is 28.1 Å². The maximum Gasteiger partial charge on any atom is 0.337 e. The zero-order valence-electron chi connectivity index (χ0n) is 16.9. The van der Waals surface area contributed by atoms with Crippen LogP contribution in [0.3, 0.4) is 0 Å². The Bertz CT molecular complexity index is 1320. The van der Waals surface area contributed by atoms with Crippen molar-refractivity contribution in [2.75, 3.05) is 6.61 Å². The van der Waals surface area contributed by atoms with E-state index in [9.17, 15) is 9.90 Å². The first-order valence-electron chi connectivity index (χ1n) is 10.0. The number of nitrogens with zero attached hydrogens (tertiary/aromatic N) is 3. The monoisotopic (exact) mass is 412 g/mol. The van der Waals surface area contributed by atoms with E-state index in [0.29, 0.717) is 30.2 Å². The minimum atomic E-state index is -0.988. The molecule has 0 aliphatic carbocycles. The summed E-state index contributed by atoms with van der Waals surface area (Å²) in [6.45, 7) is 2.78. The first-order valence-corrected chi connectivity index (χ1v) is 10.0. The highest BCUT2D eigenvalue weighted by atomic mass is 16.5. The van der Waals surface area contributed by atoms with Crippen LogP contribution in [0.25, 0.3) is 22.2 Å². The second kappa shape index (κ2) is 7.60. The molecule has 1 aliphatic rings. The van der Waals surface area contributed by atoms with Crippen LogP contribution in [0.5, 0.6) is 6.01 Å². The number of para-hydroxylation sites is 1. The highest BCUT2D eigenvalue weighted by Crippen LogP contribution is 2.29. The van der Waals surface area contributed by atoms with Gasteiger partial charge in [0.05, 0.1) is 29.7 Å². The number of hydrogen-bond donors (Lipinski definition) is 2. The van der Waals surface area contributed by atoms with Crippen LogP contribution in [0.2, 0.25) is 0 Å². The lowest BCUT2D eigenvalue weighted by Crippen LogP contribution is -2.08. The van der Waals surface area contributed by atoms with Crippen LogP contribution >= 0.6 is 0 Å². The van der Waals surface area contributed by atoms with Crippen LogP contribution in [-0.4, -0.2) is 33.1 Å². The van der Waals surface area contributed by atoms with Gasteiger partial charge in [0.15, 0.2) is 5.84 Å². The number of rotatable bonds is 7. The molecule has 2 heterocycles. The van der Waals surface area contributed by atoms with Gasteiger partial charge in [-0.05, 0) is 35.7 Å². The third-order valence-electron chi connectivity index (χ3n) is 5.25. The smallest absolute Gasteiger partial charge is 0.337 e. The minimum Gasteiger partial charge on any atom is -0.478 e. The van der Waals surface area contributed by atoms with Crippen molar-refractivity contribution >= 4 is 22.8 Å². The van der Waals surface area contributed by atoms with Crippen molar-refractivity contribution in [2.45, 2.75) is 13.5 Å². The summed E-state index contributed by atoms with van der Waals surface area (Å²) in [4.78, 5) is 16.3. The van der Waals surface area contributed by atoms with E-state index in [4.69, 9.17) is 4.74 Å². The van der Waals surface area contributed by atoms with Gasteiger partial charge in [-0.25, -0.2) is 4.79 Å².